The van der Waals surface area contributed by atoms with Crippen LogP contribution in [0.25, 0.3) is 0 Å². The van der Waals surface area contributed by atoms with E-state index in [0.29, 0.717) is 22.8 Å². The average molecular weight is 332 g/mol. The summed E-state index contributed by atoms with van der Waals surface area (Å²) in [6, 6.07) is 6.13. The van der Waals surface area contributed by atoms with Gasteiger partial charge in [0.25, 0.3) is 5.91 Å². The van der Waals surface area contributed by atoms with E-state index >= 15 is 0 Å². The Morgan fingerprint density at radius 3 is 2.65 bits per heavy atom. The lowest BCUT2D eigenvalue weighted by Gasteiger charge is -2.20. The van der Waals surface area contributed by atoms with Gasteiger partial charge in [0.15, 0.2) is 5.13 Å². The molecule has 2 rings (SSSR count). The lowest BCUT2D eigenvalue weighted by molar-refractivity contribution is -0.118. The molecule has 6 nitrogen and oxygen atoms in total. The number of carbonyl (C=O) groups excluding carboxylic acids is 2. The summed E-state index contributed by atoms with van der Waals surface area (Å²) in [4.78, 5) is 28.8. The molecule has 1 aromatic heterocycles. The Morgan fingerprint density at radius 2 is 2.04 bits per heavy atom. The highest BCUT2D eigenvalue weighted by atomic mass is 32.1. The zero-order valence-corrected chi connectivity index (χ0v) is 13.9. The quantitative estimate of drug-likeness (QED) is 0.708. The smallest absolute Gasteiger partial charge is 0.254 e. The molecule has 1 atom stereocenters. The van der Waals surface area contributed by atoms with E-state index in [1.54, 1.807) is 35.8 Å². The topological polar surface area (TPSA) is 97.1 Å². The molecule has 0 aliphatic carbocycles. The van der Waals surface area contributed by atoms with Crippen LogP contribution in [0.4, 0.5) is 10.8 Å². The van der Waals surface area contributed by atoms with E-state index in [1.165, 1.54) is 11.3 Å². The largest absolute Gasteiger partial charge is 0.398 e. The fraction of sp³-hybridized carbons (Fsp3) is 0.312. The van der Waals surface area contributed by atoms with Gasteiger partial charge in [0.2, 0.25) is 5.91 Å². The van der Waals surface area contributed by atoms with Crippen molar-refractivity contribution < 1.29 is 9.59 Å². The Morgan fingerprint density at radius 1 is 1.30 bits per heavy atom. The predicted octanol–water partition coefficient (Wildman–Crippen LogP) is 2.51. The van der Waals surface area contributed by atoms with Crippen LogP contribution in [-0.2, 0) is 4.79 Å². The van der Waals surface area contributed by atoms with Gasteiger partial charge in [0.1, 0.15) is 6.04 Å². The molecule has 122 valence electrons. The molecule has 0 bridgehead atoms. The minimum absolute atomic E-state index is 0.246. The maximum atomic E-state index is 12.4. The number of nitrogens with one attached hydrogen (secondary N) is 2. The number of thiazole rings is 1. The number of rotatable bonds is 6. The van der Waals surface area contributed by atoms with E-state index in [9.17, 15) is 9.59 Å². The summed E-state index contributed by atoms with van der Waals surface area (Å²) >= 11 is 1.33. The van der Waals surface area contributed by atoms with Crippen molar-refractivity contribution in [2.75, 3.05) is 11.1 Å². The van der Waals surface area contributed by atoms with Crippen molar-refractivity contribution in [1.82, 2.24) is 10.3 Å². The number of amides is 2. The van der Waals surface area contributed by atoms with Crippen molar-refractivity contribution in [3.05, 3.63) is 41.4 Å². The van der Waals surface area contributed by atoms with Gasteiger partial charge in [-0.05, 0) is 24.5 Å². The van der Waals surface area contributed by atoms with E-state index in [2.05, 4.69) is 15.6 Å². The van der Waals surface area contributed by atoms with Crippen molar-refractivity contribution in [2.24, 2.45) is 5.92 Å². The number of para-hydroxylation sites is 1. The first-order valence-electron chi connectivity index (χ1n) is 7.33. The Kier molecular flexibility index (Phi) is 5.70. The second-order valence-electron chi connectivity index (χ2n) is 5.57. The lowest BCUT2D eigenvalue weighted by atomic mass is 10.0. The minimum Gasteiger partial charge on any atom is -0.398 e. The van der Waals surface area contributed by atoms with Gasteiger partial charge >= 0.3 is 0 Å². The molecule has 4 N–H and O–H groups in total. The van der Waals surface area contributed by atoms with E-state index in [-0.39, 0.29) is 17.7 Å². The lowest BCUT2D eigenvalue weighted by Crippen LogP contribution is -2.44. The van der Waals surface area contributed by atoms with Crippen molar-refractivity contribution in [1.29, 1.82) is 0 Å². The summed E-state index contributed by atoms with van der Waals surface area (Å²) in [5.41, 5.74) is 6.56. The number of nitrogen functional groups attached to an aromatic ring is 1. The Bertz CT molecular complexity index is 670. The third kappa shape index (κ3) is 4.79. The number of hydrogen-bond acceptors (Lipinski definition) is 5. The molecule has 7 heteroatoms. The van der Waals surface area contributed by atoms with Crippen LogP contribution in [0.3, 0.4) is 0 Å². The minimum atomic E-state index is -0.647. The fourth-order valence-corrected chi connectivity index (χ4v) is 2.65. The molecule has 0 fully saturated rings. The zero-order chi connectivity index (χ0) is 16.8. The zero-order valence-electron chi connectivity index (χ0n) is 13.1. The summed E-state index contributed by atoms with van der Waals surface area (Å²) in [6.07, 6.45) is 2.14. The third-order valence-electron chi connectivity index (χ3n) is 3.20. The molecule has 2 amide bonds. The third-order valence-corrected chi connectivity index (χ3v) is 3.89. The molecule has 0 unspecified atom stereocenters. The number of carbonyl (C=O) groups is 2. The number of anilines is 2. The molecule has 0 saturated carbocycles. The van der Waals surface area contributed by atoms with Gasteiger partial charge in [0, 0.05) is 17.3 Å². The van der Waals surface area contributed by atoms with Crippen LogP contribution in [0, 0.1) is 5.92 Å². The number of aromatic nitrogens is 1. The maximum absolute atomic E-state index is 12.4. The molecular formula is C16H20N4O2S. The molecule has 0 spiro atoms. The van der Waals surface area contributed by atoms with E-state index in [4.69, 9.17) is 5.73 Å². The Balaban J connectivity index is 2.10. The van der Waals surface area contributed by atoms with Gasteiger partial charge in [-0.3, -0.25) is 9.59 Å². The molecule has 0 saturated heterocycles. The number of benzene rings is 1. The molecule has 0 aliphatic rings. The molecular weight excluding hydrogens is 312 g/mol. The van der Waals surface area contributed by atoms with Crippen LogP contribution in [0.1, 0.15) is 30.6 Å². The molecule has 1 heterocycles. The summed E-state index contributed by atoms with van der Waals surface area (Å²) < 4.78 is 0. The molecule has 1 aromatic carbocycles. The predicted molar refractivity (Wildman–Crippen MR) is 92.3 cm³/mol. The fourth-order valence-electron chi connectivity index (χ4n) is 2.12. The van der Waals surface area contributed by atoms with Crippen LogP contribution in [0.15, 0.2) is 35.8 Å². The Hall–Kier alpha value is -2.41. The van der Waals surface area contributed by atoms with Crippen LogP contribution in [0.5, 0.6) is 0 Å². The first-order chi connectivity index (χ1) is 11.0. The standard InChI is InChI=1S/C16H20N4O2S/c1-10(2)9-13(15(22)20-16-18-7-8-23-16)19-14(21)11-5-3-4-6-12(11)17/h3-8,10,13H,9,17H2,1-2H3,(H,19,21)(H,18,20,22)/t13-/m0/s1. The van der Waals surface area contributed by atoms with Gasteiger partial charge in [-0.25, -0.2) is 4.98 Å². The van der Waals surface area contributed by atoms with Crippen molar-refractivity contribution in [3.63, 3.8) is 0 Å². The first-order valence-corrected chi connectivity index (χ1v) is 8.21. The van der Waals surface area contributed by atoms with Gasteiger partial charge in [-0.1, -0.05) is 26.0 Å². The number of nitrogens with two attached hydrogens (primary N) is 1. The summed E-state index contributed by atoms with van der Waals surface area (Å²) in [5.74, 6) is -0.394. The van der Waals surface area contributed by atoms with Crippen molar-refractivity contribution in [2.45, 2.75) is 26.3 Å². The average Bonchev–Trinajstić information content (AvgIpc) is 2.99. The van der Waals surface area contributed by atoms with Gasteiger partial charge in [0.05, 0.1) is 5.56 Å². The van der Waals surface area contributed by atoms with E-state index < -0.39 is 6.04 Å². The van der Waals surface area contributed by atoms with Crippen LogP contribution >= 0.6 is 11.3 Å². The van der Waals surface area contributed by atoms with Crippen LogP contribution in [-0.4, -0.2) is 22.8 Å². The van der Waals surface area contributed by atoms with Crippen LogP contribution in [0.2, 0.25) is 0 Å². The number of hydrogen-bond donors (Lipinski definition) is 3. The van der Waals surface area contributed by atoms with Gasteiger partial charge in [-0.2, -0.15) is 0 Å². The van der Waals surface area contributed by atoms with Crippen molar-refractivity contribution in [3.8, 4) is 0 Å². The summed E-state index contributed by atoms with van der Waals surface area (Å²) in [6.45, 7) is 3.99. The summed E-state index contributed by atoms with van der Waals surface area (Å²) in [5, 5.41) is 7.77. The van der Waals surface area contributed by atoms with E-state index in [0.717, 1.165) is 0 Å². The highest BCUT2D eigenvalue weighted by Crippen LogP contribution is 2.15. The second-order valence-corrected chi connectivity index (χ2v) is 6.46. The normalized spacial score (nSPS) is 12.0. The highest BCUT2D eigenvalue weighted by molar-refractivity contribution is 7.13. The first kappa shape index (κ1) is 17.0. The molecule has 23 heavy (non-hydrogen) atoms. The molecule has 0 radical (unpaired) electrons. The summed E-state index contributed by atoms with van der Waals surface area (Å²) in [7, 11) is 0. The van der Waals surface area contributed by atoms with Gasteiger partial charge < -0.3 is 16.4 Å². The van der Waals surface area contributed by atoms with Crippen LogP contribution < -0.4 is 16.4 Å². The number of nitrogens with zero attached hydrogens (tertiary/aromatic N) is 1. The Labute approximate surface area is 139 Å². The van der Waals surface area contributed by atoms with Gasteiger partial charge in [-0.15, -0.1) is 11.3 Å². The highest BCUT2D eigenvalue weighted by Gasteiger charge is 2.23. The second kappa shape index (κ2) is 7.73. The maximum Gasteiger partial charge on any atom is 0.254 e. The SMILES string of the molecule is CC(C)C[C@H](NC(=O)c1ccccc1N)C(=O)Nc1nccs1. The monoisotopic (exact) mass is 332 g/mol. The molecule has 2 aromatic rings. The van der Waals surface area contributed by atoms with E-state index in [1.807, 2.05) is 13.8 Å². The van der Waals surface area contributed by atoms with Crippen molar-refractivity contribution >= 4 is 34.0 Å². The molecule has 0 aliphatic heterocycles.